The summed E-state index contributed by atoms with van der Waals surface area (Å²) in [6.07, 6.45) is 3.65. The molecule has 0 radical (unpaired) electrons. The molecule has 0 unspecified atom stereocenters. The number of amides is 1. The molecule has 0 spiro atoms. The molecule has 1 aliphatic heterocycles. The van der Waals surface area contributed by atoms with Crippen LogP contribution in [0.2, 0.25) is 0 Å². The normalized spacial score (nSPS) is 18.0. The van der Waals surface area contributed by atoms with E-state index >= 15 is 0 Å². The zero-order valence-electron chi connectivity index (χ0n) is 12.9. The van der Waals surface area contributed by atoms with Crippen LogP contribution in [-0.4, -0.2) is 28.9 Å². The highest BCUT2D eigenvalue weighted by atomic mass is 19.2. The molecule has 0 saturated carbocycles. The van der Waals surface area contributed by atoms with Crippen LogP contribution in [-0.2, 0) is 4.79 Å². The van der Waals surface area contributed by atoms with Gasteiger partial charge in [-0.2, -0.15) is 0 Å². The lowest BCUT2D eigenvalue weighted by atomic mass is 9.93. The highest BCUT2D eigenvalue weighted by Crippen LogP contribution is 2.27. The number of likely N-dealkylation sites (tertiary alicyclic amines) is 1. The third-order valence-corrected chi connectivity index (χ3v) is 4.32. The fraction of sp³-hybridized carbons (Fsp3) is 0.333. The summed E-state index contributed by atoms with van der Waals surface area (Å²) in [5.41, 5.74) is 2.27. The van der Waals surface area contributed by atoms with E-state index in [0.29, 0.717) is 12.1 Å². The van der Waals surface area contributed by atoms with Gasteiger partial charge in [0.15, 0.2) is 11.6 Å². The Bertz CT molecular complexity index is 715. The lowest BCUT2D eigenvalue weighted by molar-refractivity contribution is -0.130. The number of aromatic nitrogens is 1. The number of benzene rings is 1. The monoisotopic (exact) mass is 316 g/mol. The Morgan fingerprint density at radius 1 is 1.17 bits per heavy atom. The topological polar surface area (TPSA) is 33.2 Å². The molecule has 3 rings (SSSR count). The van der Waals surface area contributed by atoms with E-state index in [1.54, 1.807) is 13.1 Å². The summed E-state index contributed by atoms with van der Waals surface area (Å²) in [5.74, 6) is -1.40. The van der Waals surface area contributed by atoms with Crippen molar-refractivity contribution in [1.82, 2.24) is 9.88 Å². The van der Waals surface area contributed by atoms with Crippen LogP contribution in [0, 0.1) is 11.6 Å². The Labute approximate surface area is 134 Å². The van der Waals surface area contributed by atoms with Gasteiger partial charge in [0.05, 0.1) is 0 Å². The number of carbonyl (C=O) groups excluding carboxylic acids is 1. The molecule has 5 heteroatoms. The number of piperidine rings is 1. The molecule has 1 aliphatic rings. The van der Waals surface area contributed by atoms with Crippen molar-refractivity contribution in [2.75, 3.05) is 13.1 Å². The number of pyridine rings is 1. The first-order valence-corrected chi connectivity index (χ1v) is 7.71. The summed E-state index contributed by atoms with van der Waals surface area (Å²) in [6, 6.07) is 7.59. The molecule has 1 saturated heterocycles. The van der Waals surface area contributed by atoms with E-state index in [9.17, 15) is 13.6 Å². The van der Waals surface area contributed by atoms with Crippen molar-refractivity contribution in [3.8, 4) is 11.1 Å². The maximum Gasteiger partial charge on any atom is 0.219 e. The van der Waals surface area contributed by atoms with Gasteiger partial charge < -0.3 is 4.90 Å². The third kappa shape index (κ3) is 3.38. The number of carbonyl (C=O) groups is 1. The van der Waals surface area contributed by atoms with Crippen LogP contribution in [0.1, 0.15) is 31.4 Å². The molecule has 1 amide bonds. The van der Waals surface area contributed by atoms with Crippen molar-refractivity contribution in [2.24, 2.45) is 0 Å². The Kier molecular flexibility index (Phi) is 4.37. The number of nitrogens with zero attached hydrogens (tertiary/aromatic N) is 2. The van der Waals surface area contributed by atoms with Crippen molar-refractivity contribution in [2.45, 2.75) is 25.7 Å². The molecule has 120 valence electrons. The van der Waals surface area contributed by atoms with E-state index in [1.165, 1.54) is 12.1 Å². The second kappa shape index (κ2) is 6.44. The molecule has 3 nitrogen and oxygen atoms in total. The first kappa shape index (κ1) is 15.6. The van der Waals surface area contributed by atoms with Crippen LogP contribution in [0.15, 0.2) is 36.5 Å². The van der Waals surface area contributed by atoms with Crippen molar-refractivity contribution in [3.63, 3.8) is 0 Å². The number of halogens is 2. The lowest BCUT2D eigenvalue weighted by Gasteiger charge is -2.31. The van der Waals surface area contributed by atoms with Gasteiger partial charge in [0.1, 0.15) is 0 Å². The molecular formula is C18H18F2N2O. The second-order valence-electron chi connectivity index (χ2n) is 5.90. The molecule has 1 atom stereocenters. The highest BCUT2D eigenvalue weighted by molar-refractivity contribution is 5.73. The fourth-order valence-electron chi connectivity index (χ4n) is 3.00. The van der Waals surface area contributed by atoms with Gasteiger partial charge in [-0.25, -0.2) is 8.78 Å². The SMILES string of the molecule is CC(=O)N1CCC[C@H](c2ccc(-c3ccc(F)c(F)c3)cn2)C1. The third-order valence-electron chi connectivity index (χ3n) is 4.32. The van der Waals surface area contributed by atoms with Gasteiger partial charge in [-0.15, -0.1) is 0 Å². The molecule has 2 heterocycles. The largest absolute Gasteiger partial charge is 0.342 e. The van der Waals surface area contributed by atoms with Gasteiger partial charge in [-0.1, -0.05) is 12.1 Å². The number of hydrogen-bond acceptors (Lipinski definition) is 2. The van der Waals surface area contributed by atoms with Crippen LogP contribution in [0.3, 0.4) is 0 Å². The predicted octanol–water partition coefficient (Wildman–Crippen LogP) is 3.75. The van der Waals surface area contributed by atoms with Gasteiger partial charge in [0.2, 0.25) is 5.91 Å². The summed E-state index contributed by atoms with van der Waals surface area (Å²) < 4.78 is 26.3. The van der Waals surface area contributed by atoms with E-state index in [1.807, 2.05) is 17.0 Å². The molecule has 1 fully saturated rings. The Balaban J connectivity index is 1.79. The Hall–Kier alpha value is -2.30. The minimum atomic E-state index is -0.865. The van der Waals surface area contributed by atoms with Gasteiger partial charge in [0, 0.05) is 43.4 Å². The molecule has 1 aromatic carbocycles. The van der Waals surface area contributed by atoms with Gasteiger partial charge in [-0.05, 0) is 36.6 Å². The van der Waals surface area contributed by atoms with Crippen LogP contribution in [0.25, 0.3) is 11.1 Å². The summed E-state index contributed by atoms with van der Waals surface area (Å²) in [6.45, 7) is 3.08. The zero-order chi connectivity index (χ0) is 16.4. The van der Waals surface area contributed by atoms with E-state index < -0.39 is 11.6 Å². The minimum Gasteiger partial charge on any atom is -0.342 e. The average Bonchev–Trinajstić information content (AvgIpc) is 2.57. The molecule has 23 heavy (non-hydrogen) atoms. The number of rotatable bonds is 2. The lowest BCUT2D eigenvalue weighted by Crippen LogP contribution is -2.37. The molecule has 0 bridgehead atoms. The van der Waals surface area contributed by atoms with E-state index in [-0.39, 0.29) is 11.8 Å². The fourth-order valence-corrected chi connectivity index (χ4v) is 3.00. The smallest absolute Gasteiger partial charge is 0.219 e. The van der Waals surface area contributed by atoms with E-state index in [0.717, 1.165) is 36.7 Å². The molecule has 1 aromatic heterocycles. The maximum absolute atomic E-state index is 13.3. The van der Waals surface area contributed by atoms with Crippen LogP contribution in [0.4, 0.5) is 8.78 Å². The summed E-state index contributed by atoms with van der Waals surface area (Å²) in [7, 11) is 0. The Morgan fingerprint density at radius 2 is 1.96 bits per heavy atom. The molecular weight excluding hydrogens is 298 g/mol. The van der Waals surface area contributed by atoms with E-state index in [2.05, 4.69) is 4.98 Å². The summed E-state index contributed by atoms with van der Waals surface area (Å²) in [5, 5.41) is 0. The van der Waals surface area contributed by atoms with Gasteiger partial charge >= 0.3 is 0 Å². The maximum atomic E-state index is 13.3. The van der Waals surface area contributed by atoms with Gasteiger partial charge in [0.25, 0.3) is 0 Å². The first-order valence-electron chi connectivity index (χ1n) is 7.71. The Morgan fingerprint density at radius 3 is 2.61 bits per heavy atom. The minimum absolute atomic E-state index is 0.0908. The first-order chi connectivity index (χ1) is 11.0. The molecule has 0 aliphatic carbocycles. The zero-order valence-corrected chi connectivity index (χ0v) is 12.9. The van der Waals surface area contributed by atoms with E-state index in [4.69, 9.17) is 0 Å². The van der Waals surface area contributed by atoms with Crippen molar-refractivity contribution < 1.29 is 13.6 Å². The quantitative estimate of drug-likeness (QED) is 0.845. The van der Waals surface area contributed by atoms with Crippen LogP contribution < -0.4 is 0 Å². The summed E-state index contributed by atoms with van der Waals surface area (Å²) in [4.78, 5) is 17.8. The van der Waals surface area contributed by atoms with Crippen molar-refractivity contribution in [3.05, 3.63) is 53.9 Å². The molecule has 2 aromatic rings. The standard InChI is InChI=1S/C18H18F2N2O/c1-12(23)22-8-2-3-15(11-22)18-7-5-14(10-21-18)13-4-6-16(19)17(20)9-13/h4-7,9-10,15H,2-3,8,11H2,1H3/t15-/m0/s1. The average molecular weight is 316 g/mol. The van der Waals surface area contributed by atoms with Crippen molar-refractivity contribution >= 4 is 5.91 Å². The predicted molar refractivity (Wildman–Crippen MR) is 83.8 cm³/mol. The van der Waals surface area contributed by atoms with Crippen LogP contribution in [0.5, 0.6) is 0 Å². The highest BCUT2D eigenvalue weighted by Gasteiger charge is 2.23. The molecule has 0 N–H and O–H groups in total. The van der Waals surface area contributed by atoms with Crippen molar-refractivity contribution in [1.29, 1.82) is 0 Å². The summed E-state index contributed by atoms with van der Waals surface area (Å²) >= 11 is 0. The number of hydrogen-bond donors (Lipinski definition) is 0. The second-order valence-corrected chi connectivity index (χ2v) is 5.90. The van der Waals surface area contributed by atoms with Gasteiger partial charge in [-0.3, -0.25) is 9.78 Å². The van der Waals surface area contributed by atoms with Crippen LogP contribution >= 0.6 is 0 Å².